The van der Waals surface area contributed by atoms with E-state index in [9.17, 15) is 4.79 Å². The van der Waals surface area contributed by atoms with E-state index in [2.05, 4.69) is 9.97 Å². The van der Waals surface area contributed by atoms with Gasteiger partial charge in [-0.2, -0.15) is 0 Å². The molecule has 28 heavy (non-hydrogen) atoms. The zero-order valence-electron chi connectivity index (χ0n) is 15.1. The standard InChI is InChI=1S/C22H17Cl2N3O/c1-14-12-25-7-5-19(14)22(28)27(18-10-16(23)9-17(24)11-18)13-15-3-2-4-21-20(15)6-8-26-21/h2-12,26H,13H2,1H3. The van der Waals surface area contributed by atoms with Crippen molar-refractivity contribution in [2.45, 2.75) is 13.5 Å². The maximum Gasteiger partial charge on any atom is 0.258 e. The number of anilines is 1. The highest BCUT2D eigenvalue weighted by Crippen LogP contribution is 2.29. The van der Waals surface area contributed by atoms with E-state index in [4.69, 9.17) is 23.2 Å². The predicted molar refractivity (Wildman–Crippen MR) is 114 cm³/mol. The van der Waals surface area contributed by atoms with E-state index in [0.29, 0.717) is 27.8 Å². The van der Waals surface area contributed by atoms with Crippen LogP contribution in [0.1, 0.15) is 21.5 Å². The molecule has 0 radical (unpaired) electrons. The number of aryl methyl sites for hydroxylation is 1. The van der Waals surface area contributed by atoms with Gasteiger partial charge in [0.2, 0.25) is 0 Å². The molecule has 2 heterocycles. The van der Waals surface area contributed by atoms with Gasteiger partial charge in [-0.05, 0) is 54.4 Å². The first kappa shape index (κ1) is 18.5. The number of nitrogens with zero attached hydrogens (tertiary/aromatic N) is 2. The number of aromatic nitrogens is 2. The van der Waals surface area contributed by atoms with Crippen molar-refractivity contribution in [1.82, 2.24) is 9.97 Å². The number of carbonyl (C=O) groups is 1. The topological polar surface area (TPSA) is 49.0 Å². The largest absolute Gasteiger partial charge is 0.361 e. The number of fused-ring (bicyclic) bond motifs is 1. The first-order valence-electron chi connectivity index (χ1n) is 8.76. The highest BCUT2D eigenvalue weighted by atomic mass is 35.5. The fraction of sp³-hybridized carbons (Fsp3) is 0.0909. The van der Waals surface area contributed by atoms with Crippen molar-refractivity contribution >= 4 is 45.7 Å². The first-order valence-corrected chi connectivity index (χ1v) is 9.52. The number of H-pyrrole nitrogens is 1. The zero-order chi connectivity index (χ0) is 19.7. The number of aromatic amines is 1. The average molecular weight is 410 g/mol. The molecule has 0 bridgehead atoms. The van der Waals surface area contributed by atoms with Gasteiger partial charge in [-0.15, -0.1) is 0 Å². The highest BCUT2D eigenvalue weighted by molar-refractivity contribution is 6.35. The van der Waals surface area contributed by atoms with E-state index in [-0.39, 0.29) is 5.91 Å². The molecule has 2 aromatic carbocycles. The van der Waals surface area contributed by atoms with Crippen LogP contribution in [0.3, 0.4) is 0 Å². The Morgan fingerprint density at radius 2 is 1.89 bits per heavy atom. The summed E-state index contributed by atoms with van der Waals surface area (Å²) in [5, 5.41) is 2.03. The number of carbonyl (C=O) groups excluding carboxylic acids is 1. The van der Waals surface area contributed by atoms with Crippen molar-refractivity contribution in [3.8, 4) is 0 Å². The molecule has 1 N–H and O–H groups in total. The van der Waals surface area contributed by atoms with Gasteiger partial charge in [-0.3, -0.25) is 9.78 Å². The summed E-state index contributed by atoms with van der Waals surface area (Å²) in [7, 11) is 0. The van der Waals surface area contributed by atoms with Crippen LogP contribution in [0.2, 0.25) is 10.0 Å². The van der Waals surface area contributed by atoms with Crippen LogP contribution in [-0.2, 0) is 6.54 Å². The molecular formula is C22H17Cl2N3O. The molecule has 1 amide bonds. The molecule has 4 aromatic rings. The SMILES string of the molecule is Cc1cnccc1C(=O)N(Cc1cccc2[nH]ccc12)c1cc(Cl)cc(Cl)c1. The van der Waals surface area contributed by atoms with Gasteiger partial charge in [0, 0.05) is 50.8 Å². The summed E-state index contributed by atoms with van der Waals surface area (Å²) >= 11 is 12.4. The Labute approximate surface area is 172 Å². The highest BCUT2D eigenvalue weighted by Gasteiger charge is 2.21. The van der Waals surface area contributed by atoms with Crippen molar-refractivity contribution in [2.75, 3.05) is 4.90 Å². The van der Waals surface area contributed by atoms with E-state index >= 15 is 0 Å². The number of halogens is 2. The third kappa shape index (κ3) is 3.61. The summed E-state index contributed by atoms with van der Waals surface area (Å²) < 4.78 is 0. The zero-order valence-corrected chi connectivity index (χ0v) is 16.6. The quantitative estimate of drug-likeness (QED) is 0.447. The van der Waals surface area contributed by atoms with Crippen LogP contribution >= 0.6 is 23.2 Å². The monoisotopic (exact) mass is 409 g/mol. The summed E-state index contributed by atoms with van der Waals surface area (Å²) in [6, 6.07) is 14.9. The molecule has 0 saturated carbocycles. The lowest BCUT2D eigenvalue weighted by Crippen LogP contribution is -2.31. The fourth-order valence-electron chi connectivity index (χ4n) is 3.29. The van der Waals surface area contributed by atoms with Gasteiger partial charge in [0.05, 0.1) is 6.54 Å². The Hall–Kier alpha value is -2.82. The fourth-order valence-corrected chi connectivity index (χ4v) is 3.81. The number of hydrogen-bond donors (Lipinski definition) is 1. The van der Waals surface area contributed by atoms with Crippen LogP contribution in [0.25, 0.3) is 10.9 Å². The molecule has 2 aromatic heterocycles. The molecule has 140 valence electrons. The number of amides is 1. The third-order valence-electron chi connectivity index (χ3n) is 4.67. The first-order chi connectivity index (χ1) is 13.5. The van der Waals surface area contributed by atoms with Crippen molar-refractivity contribution in [2.24, 2.45) is 0 Å². The van der Waals surface area contributed by atoms with Gasteiger partial charge in [0.1, 0.15) is 0 Å². The van der Waals surface area contributed by atoms with E-state index in [1.807, 2.05) is 37.4 Å². The van der Waals surface area contributed by atoms with Crippen LogP contribution in [0.5, 0.6) is 0 Å². The summed E-state index contributed by atoms with van der Waals surface area (Å²) in [4.78, 5) is 22.5. The summed E-state index contributed by atoms with van der Waals surface area (Å²) in [6.07, 6.45) is 5.20. The Bertz CT molecular complexity index is 1150. The predicted octanol–water partition coefficient (Wildman–Crippen LogP) is 6.03. The summed E-state index contributed by atoms with van der Waals surface area (Å²) in [6.45, 7) is 2.25. The second-order valence-corrected chi connectivity index (χ2v) is 7.44. The summed E-state index contributed by atoms with van der Waals surface area (Å²) in [5.41, 5.74) is 4.09. The minimum absolute atomic E-state index is 0.134. The Kier molecular flexibility index (Phi) is 5.07. The number of rotatable bonds is 4. The van der Waals surface area contributed by atoms with Crippen molar-refractivity contribution in [3.63, 3.8) is 0 Å². The molecule has 0 saturated heterocycles. The number of hydrogen-bond acceptors (Lipinski definition) is 2. The van der Waals surface area contributed by atoms with E-state index in [1.165, 1.54) is 0 Å². The molecule has 4 nitrogen and oxygen atoms in total. The van der Waals surface area contributed by atoms with Crippen molar-refractivity contribution in [3.05, 3.63) is 93.9 Å². The van der Waals surface area contributed by atoms with Crippen LogP contribution in [0, 0.1) is 6.92 Å². The van der Waals surface area contributed by atoms with Crippen molar-refractivity contribution in [1.29, 1.82) is 0 Å². The normalized spacial score (nSPS) is 11.0. The number of nitrogens with one attached hydrogen (secondary N) is 1. The smallest absolute Gasteiger partial charge is 0.258 e. The molecular weight excluding hydrogens is 393 g/mol. The molecule has 6 heteroatoms. The Morgan fingerprint density at radius 1 is 1.11 bits per heavy atom. The Morgan fingerprint density at radius 3 is 2.64 bits per heavy atom. The van der Waals surface area contributed by atoms with E-state index < -0.39 is 0 Å². The lowest BCUT2D eigenvalue weighted by Gasteiger charge is -2.25. The van der Waals surface area contributed by atoms with E-state index in [0.717, 1.165) is 22.0 Å². The van der Waals surface area contributed by atoms with Crippen LogP contribution < -0.4 is 4.90 Å². The van der Waals surface area contributed by atoms with Crippen LogP contribution in [0.15, 0.2) is 67.1 Å². The van der Waals surface area contributed by atoms with Gasteiger partial charge < -0.3 is 9.88 Å². The van der Waals surface area contributed by atoms with Gasteiger partial charge in [-0.1, -0.05) is 35.3 Å². The van der Waals surface area contributed by atoms with Gasteiger partial charge >= 0.3 is 0 Å². The molecule has 0 aliphatic heterocycles. The minimum atomic E-state index is -0.134. The summed E-state index contributed by atoms with van der Waals surface area (Å²) in [5.74, 6) is -0.134. The molecule has 0 aliphatic rings. The third-order valence-corrected chi connectivity index (χ3v) is 5.10. The second-order valence-electron chi connectivity index (χ2n) is 6.57. The van der Waals surface area contributed by atoms with Crippen LogP contribution in [-0.4, -0.2) is 15.9 Å². The maximum atomic E-state index is 13.5. The number of pyridine rings is 1. The van der Waals surface area contributed by atoms with Crippen molar-refractivity contribution < 1.29 is 4.79 Å². The molecule has 0 fully saturated rings. The Balaban J connectivity index is 1.82. The molecule has 0 aliphatic carbocycles. The number of benzene rings is 2. The molecule has 0 atom stereocenters. The minimum Gasteiger partial charge on any atom is -0.361 e. The average Bonchev–Trinajstić information content (AvgIpc) is 3.15. The second kappa shape index (κ2) is 7.66. The molecule has 0 unspecified atom stereocenters. The van der Waals surface area contributed by atoms with Gasteiger partial charge in [0.15, 0.2) is 0 Å². The van der Waals surface area contributed by atoms with Crippen LogP contribution in [0.4, 0.5) is 5.69 Å². The van der Waals surface area contributed by atoms with E-state index in [1.54, 1.807) is 41.6 Å². The maximum absolute atomic E-state index is 13.5. The molecule has 4 rings (SSSR count). The lowest BCUT2D eigenvalue weighted by atomic mass is 10.1. The lowest BCUT2D eigenvalue weighted by molar-refractivity contribution is 0.0984. The molecule has 0 spiro atoms. The van der Waals surface area contributed by atoms with Gasteiger partial charge in [0.25, 0.3) is 5.91 Å². The van der Waals surface area contributed by atoms with Gasteiger partial charge in [-0.25, -0.2) is 0 Å².